The summed E-state index contributed by atoms with van der Waals surface area (Å²) in [6.45, 7) is -0.899. The normalized spacial score (nSPS) is 12.6. The molecule has 0 aromatic heterocycles. The monoisotopic (exact) mass is 324 g/mol. The van der Waals surface area contributed by atoms with Gasteiger partial charge in [0, 0.05) is 0 Å². The molecule has 0 amide bonds. The van der Waals surface area contributed by atoms with E-state index in [-0.39, 0.29) is 6.61 Å². The van der Waals surface area contributed by atoms with Crippen molar-refractivity contribution in [2.45, 2.75) is 6.10 Å². The van der Waals surface area contributed by atoms with Crippen LogP contribution in [0.25, 0.3) is 0 Å². The second-order valence-corrected chi connectivity index (χ2v) is 5.91. The van der Waals surface area contributed by atoms with Crippen molar-refractivity contribution in [3.05, 3.63) is 60.7 Å². The van der Waals surface area contributed by atoms with Crippen LogP contribution in [0, 0.1) is 0 Å². The summed E-state index contributed by atoms with van der Waals surface area (Å²) in [4.78, 5) is 0. The molecule has 0 saturated carbocycles. The molecule has 0 radical (unpaired) electrons. The van der Waals surface area contributed by atoms with E-state index in [0.717, 1.165) is 0 Å². The number of para-hydroxylation sites is 2. The number of phosphoric ester groups is 1. The van der Waals surface area contributed by atoms with Gasteiger partial charge in [-0.2, -0.15) is 0 Å². The highest BCUT2D eigenvalue weighted by molar-refractivity contribution is 7.49. The third-order valence-electron chi connectivity index (χ3n) is 2.56. The molecule has 118 valence electrons. The van der Waals surface area contributed by atoms with E-state index in [2.05, 4.69) is 0 Å². The summed E-state index contributed by atoms with van der Waals surface area (Å²) >= 11 is 0. The molecule has 2 rings (SSSR count). The van der Waals surface area contributed by atoms with Crippen LogP contribution >= 0.6 is 7.82 Å². The van der Waals surface area contributed by atoms with E-state index in [1.165, 1.54) is 0 Å². The van der Waals surface area contributed by atoms with E-state index < -0.39 is 20.5 Å². The molecule has 1 unspecified atom stereocenters. The average molecular weight is 324 g/mol. The molecule has 2 N–H and O–H groups in total. The maximum Gasteiger partial charge on any atom is 0.587 e. The van der Waals surface area contributed by atoms with Gasteiger partial charge in [0.1, 0.15) is 17.6 Å². The van der Waals surface area contributed by atoms with Gasteiger partial charge in [0.2, 0.25) is 0 Å². The minimum absolute atomic E-state index is 0.306. The summed E-state index contributed by atoms with van der Waals surface area (Å²) in [5.74, 6) is 0.612. The molecule has 0 spiro atoms. The fourth-order valence-corrected chi connectivity index (χ4v) is 2.78. The van der Waals surface area contributed by atoms with Crippen LogP contribution in [0.3, 0.4) is 0 Å². The molecule has 2 aromatic carbocycles. The van der Waals surface area contributed by atoms with Crippen molar-refractivity contribution in [2.75, 3.05) is 13.2 Å². The van der Waals surface area contributed by atoms with Crippen molar-refractivity contribution in [1.82, 2.24) is 0 Å². The molecule has 0 fully saturated rings. The number of benzene rings is 2. The third kappa shape index (κ3) is 5.16. The van der Waals surface area contributed by atoms with Crippen LogP contribution in [0.5, 0.6) is 11.5 Å². The Morgan fingerprint density at radius 2 is 1.36 bits per heavy atom. The zero-order valence-electron chi connectivity index (χ0n) is 11.7. The Bertz CT molecular complexity index is 558. The van der Waals surface area contributed by atoms with Gasteiger partial charge in [-0.1, -0.05) is 36.4 Å². The van der Waals surface area contributed by atoms with Gasteiger partial charge in [-0.05, 0) is 24.3 Å². The second-order valence-electron chi connectivity index (χ2n) is 4.39. The zero-order valence-corrected chi connectivity index (χ0v) is 12.6. The van der Waals surface area contributed by atoms with Crippen LogP contribution in [0.15, 0.2) is 60.7 Å². The summed E-state index contributed by atoms with van der Waals surface area (Å²) in [7, 11) is -4.00. The topological polar surface area (TPSA) is 85.2 Å². The number of aliphatic hydroxyl groups excluding tert-OH is 2. The van der Waals surface area contributed by atoms with Crippen LogP contribution in [0.4, 0.5) is 0 Å². The third-order valence-corrected chi connectivity index (χ3v) is 3.89. The molecule has 22 heavy (non-hydrogen) atoms. The first-order chi connectivity index (χ1) is 10.6. The van der Waals surface area contributed by atoms with E-state index in [1.54, 1.807) is 60.7 Å². The second kappa shape index (κ2) is 7.96. The van der Waals surface area contributed by atoms with Gasteiger partial charge in [0.25, 0.3) is 0 Å². The van der Waals surface area contributed by atoms with E-state index in [0.29, 0.717) is 11.5 Å². The average Bonchev–Trinajstić information content (AvgIpc) is 2.54. The lowest BCUT2D eigenvalue weighted by atomic mass is 10.3. The lowest BCUT2D eigenvalue weighted by Gasteiger charge is -2.20. The Morgan fingerprint density at radius 1 is 0.909 bits per heavy atom. The highest BCUT2D eigenvalue weighted by Gasteiger charge is 2.31. The van der Waals surface area contributed by atoms with Gasteiger partial charge in [0.15, 0.2) is 0 Å². The van der Waals surface area contributed by atoms with E-state index >= 15 is 0 Å². The van der Waals surface area contributed by atoms with Crippen molar-refractivity contribution in [2.24, 2.45) is 0 Å². The van der Waals surface area contributed by atoms with Gasteiger partial charge in [-0.15, -0.1) is 0 Å². The van der Waals surface area contributed by atoms with Crippen molar-refractivity contribution < 1.29 is 28.3 Å². The molecule has 0 aliphatic rings. The standard InChI is InChI=1S/C15H17O6P/c16-11-13(17)12-19-22(18,20-14-7-3-1-4-8-14)21-15-9-5-2-6-10-15/h1-10,13,16-17H,11-12H2. The number of hydrogen-bond acceptors (Lipinski definition) is 6. The van der Waals surface area contributed by atoms with Crippen LogP contribution < -0.4 is 9.05 Å². The Hall–Kier alpha value is -1.85. The predicted octanol–water partition coefficient (Wildman–Crippen LogP) is 2.62. The van der Waals surface area contributed by atoms with Crippen LogP contribution in [-0.2, 0) is 9.09 Å². The first-order valence-electron chi connectivity index (χ1n) is 6.64. The first kappa shape index (κ1) is 16.5. The van der Waals surface area contributed by atoms with Gasteiger partial charge >= 0.3 is 7.82 Å². The molecule has 6 nitrogen and oxygen atoms in total. The van der Waals surface area contributed by atoms with E-state index in [9.17, 15) is 9.67 Å². The molecule has 0 bridgehead atoms. The van der Waals surface area contributed by atoms with E-state index in [4.69, 9.17) is 18.7 Å². The minimum Gasteiger partial charge on any atom is -0.395 e. The number of rotatable bonds is 8. The Labute approximate surface area is 128 Å². The molecule has 7 heteroatoms. The summed E-state index contributed by atoms with van der Waals surface area (Å²) in [5, 5.41) is 18.2. The maximum atomic E-state index is 12.7. The van der Waals surface area contributed by atoms with Crippen LogP contribution in [0.1, 0.15) is 0 Å². The largest absolute Gasteiger partial charge is 0.587 e. The summed E-state index contributed by atoms with van der Waals surface area (Å²) in [5.41, 5.74) is 0. The highest BCUT2D eigenvalue weighted by Crippen LogP contribution is 2.49. The lowest BCUT2D eigenvalue weighted by molar-refractivity contribution is 0.0440. The quantitative estimate of drug-likeness (QED) is 0.726. The molecule has 2 aromatic rings. The van der Waals surface area contributed by atoms with Crippen molar-refractivity contribution >= 4 is 7.82 Å². The molecular weight excluding hydrogens is 307 g/mol. The molecule has 0 saturated heterocycles. The van der Waals surface area contributed by atoms with Gasteiger partial charge in [-0.3, -0.25) is 4.52 Å². The summed E-state index contributed by atoms with van der Waals surface area (Å²) in [6, 6.07) is 16.8. The van der Waals surface area contributed by atoms with Crippen LogP contribution in [-0.4, -0.2) is 29.5 Å². The fraction of sp³-hybridized carbons (Fsp3) is 0.200. The Balaban J connectivity index is 2.14. The van der Waals surface area contributed by atoms with Crippen LogP contribution in [0.2, 0.25) is 0 Å². The summed E-state index contributed by atoms with van der Waals surface area (Å²) < 4.78 is 28.4. The molecule has 0 aliphatic heterocycles. The van der Waals surface area contributed by atoms with Crippen molar-refractivity contribution in [3.63, 3.8) is 0 Å². The smallest absolute Gasteiger partial charge is 0.395 e. The highest BCUT2D eigenvalue weighted by atomic mass is 31.2. The number of aliphatic hydroxyl groups is 2. The molecule has 0 heterocycles. The van der Waals surface area contributed by atoms with E-state index in [1.807, 2.05) is 0 Å². The Kier molecular flexibility index (Phi) is 5.98. The van der Waals surface area contributed by atoms with Gasteiger partial charge < -0.3 is 19.3 Å². The number of phosphoric acid groups is 1. The number of hydrogen-bond donors (Lipinski definition) is 2. The predicted molar refractivity (Wildman–Crippen MR) is 80.8 cm³/mol. The zero-order chi connectivity index (χ0) is 15.8. The minimum atomic E-state index is -4.00. The fourth-order valence-electron chi connectivity index (χ4n) is 1.52. The first-order valence-corrected chi connectivity index (χ1v) is 8.10. The Morgan fingerprint density at radius 3 is 1.77 bits per heavy atom. The maximum absolute atomic E-state index is 12.7. The molecular formula is C15H17O6P. The SMILES string of the molecule is O=P(OCC(O)CO)(Oc1ccccc1)Oc1ccccc1. The molecule has 1 atom stereocenters. The van der Waals surface area contributed by atoms with Crippen molar-refractivity contribution in [1.29, 1.82) is 0 Å². The van der Waals surface area contributed by atoms with Gasteiger partial charge in [-0.25, -0.2) is 4.57 Å². The summed E-state index contributed by atoms with van der Waals surface area (Å²) in [6.07, 6.45) is -1.17. The lowest BCUT2D eigenvalue weighted by Crippen LogP contribution is -2.20. The van der Waals surface area contributed by atoms with Gasteiger partial charge in [0.05, 0.1) is 13.2 Å². The molecule has 0 aliphatic carbocycles. The van der Waals surface area contributed by atoms with Crippen molar-refractivity contribution in [3.8, 4) is 11.5 Å².